The number of methoxy groups -OCH3 is 1. The van der Waals surface area contributed by atoms with Crippen LogP contribution in [0, 0.1) is 5.92 Å². The Hall–Kier alpha value is -1.07. The quantitative estimate of drug-likeness (QED) is 0.864. The molecule has 1 rings (SSSR count). The molecule has 0 saturated heterocycles. The Kier molecular flexibility index (Phi) is 6.49. The van der Waals surface area contributed by atoms with Crippen LogP contribution >= 0.6 is 15.9 Å². The molecule has 0 radical (unpaired) electrons. The molecular formula is C15H23BrN2O2. The second kappa shape index (κ2) is 7.64. The second-order valence-electron chi connectivity index (χ2n) is 5.33. The van der Waals surface area contributed by atoms with E-state index in [4.69, 9.17) is 4.74 Å². The molecule has 1 amide bonds. The molecule has 0 aliphatic heterocycles. The number of likely N-dealkylation sites (N-methyl/N-ethyl adjacent to an activating group) is 1. The molecule has 20 heavy (non-hydrogen) atoms. The van der Waals surface area contributed by atoms with E-state index in [1.165, 1.54) is 0 Å². The van der Waals surface area contributed by atoms with E-state index in [1.807, 2.05) is 26.2 Å². The Morgan fingerprint density at radius 3 is 2.55 bits per heavy atom. The minimum atomic E-state index is -0.0942. The molecular weight excluding hydrogens is 320 g/mol. The van der Waals surface area contributed by atoms with Crippen molar-refractivity contribution < 1.29 is 9.53 Å². The molecule has 0 aromatic heterocycles. The minimum Gasteiger partial charge on any atom is -0.497 e. The zero-order chi connectivity index (χ0) is 15.3. The van der Waals surface area contributed by atoms with E-state index in [1.54, 1.807) is 13.2 Å². The number of ether oxygens (including phenoxy) is 1. The van der Waals surface area contributed by atoms with Gasteiger partial charge in [-0.05, 0) is 54.1 Å². The number of nitrogens with zero attached hydrogens (tertiary/aromatic N) is 1. The predicted molar refractivity (Wildman–Crippen MR) is 85.3 cm³/mol. The molecule has 0 bridgehead atoms. The first-order valence-electron chi connectivity index (χ1n) is 6.65. The first-order chi connectivity index (χ1) is 9.36. The van der Waals surface area contributed by atoms with Crippen molar-refractivity contribution in [2.75, 3.05) is 27.7 Å². The van der Waals surface area contributed by atoms with Gasteiger partial charge >= 0.3 is 0 Å². The first kappa shape index (κ1) is 17.0. The van der Waals surface area contributed by atoms with E-state index in [0.29, 0.717) is 29.8 Å². The summed E-state index contributed by atoms with van der Waals surface area (Å²) in [6, 6.07) is 5.68. The summed E-state index contributed by atoms with van der Waals surface area (Å²) in [6.07, 6.45) is 0. The molecule has 0 aliphatic rings. The zero-order valence-corrected chi connectivity index (χ0v) is 14.3. The maximum atomic E-state index is 12.3. The van der Waals surface area contributed by atoms with Crippen LogP contribution in [0.2, 0.25) is 0 Å². The molecule has 1 unspecified atom stereocenters. The third kappa shape index (κ3) is 4.49. The number of amides is 1. The fourth-order valence-electron chi connectivity index (χ4n) is 2.11. The van der Waals surface area contributed by atoms with Crippen molar-refractivity contribution in [3.8, 4) is 5.75 Å². The van der Waals surface area contributed by atoms with Crippen molar-refractivity contribution in [1.82, 2.24) is 10.2 Å². The summed E-state index contributed by atoms with van der Waals surface area (Å²) in [6.45, 7) is 4.92. The lowest BCUT2D eigenvalue weighted by molar-refractivity contribution is 0.0933. The van der Waals surface area contributed by atoms with E-state index in [0.717, 1.165) is 4.47 Å². The molecule has 4 nitrogen and oxygen atoms in total. The summed E-state index contributed by atoms with van der Waals surface area (Å²) in [7, 11) is 5.64. The first-order valence-corrected chi connectivity index (χ1v) is 7.44. The van der Waals surface area contributed by atoms with E-state index >= 15 is 0 Å². The summed E-state index contributed by atoms with van der Waals surface area (Å²) in [5.41, 5.74) is 0.589. The Labute approximate surface area is 129 Å². The van der Waals surface area contributed by atoms with E-state index in [9.17, 15) is 4.79 Å². The van der Waals surface area contributed by atoms with E-state index in [2.05, 4.69) is 40.0 Å². The summed E-state index contributed by atoms with van der Waals surface area (Å²) >= 11 is 3.40. The average Bonchev–Trinajstić information content (AvgIpc) is 2.38. The smallest absolute Gasteiger partial charge is 0.252 e. The SMILES string of the molecule is COc1ccc(Br)c(C(=O)NCC(C(C)C)N(C)C)c1. The van der Waals surface area contributed by atoms with Crippen LogP contribution in [0.4, 0.5) is 0 Å². The molecule has 0 saturated carbocycles. The Bertz CT molecular complexity index is 453. The number of hydrogen-bond donors (Lipinski definition) is 1. The highest BCUT2D eigenvalue weighted by Gasteiger charge is 2.18. The van der Waals surface area contributed by atoms with Gasteiger partial charge in [-0.15, -0.1) is 0 Å². The maximum Gasteiger partial charge on any atom is 0.252 e. The third-order valence-corrected chi connectivity index (χ3v) is 4.01. The van der Waals surface area contributed by atoms with Crippen LogP contribution in [-0.4, -0.2) is 44.6 Å². The Balaban J connectivity index is 2.76. The lowest BCUT2D eigenvalue weighted by Gasteiger charge is -2.28. The number of halogens is 1. The van der Waals surface area contributed by atoms with Gasteiger partial charge in [-0.1, -0.05) is 13.8 Å². The van der Waals surface area contributed by atoms with Gasteiger partial charge in [0.05, 0.1) is 12.7 Å². The van der Waals surface area contributed by atoms with Crippen molar-refractivity contribution in [3.63, 3.8) is 0 Å². The van der Waals surface area contributed by atoms with Crippen molar-refractivity contribution in [3.05, 3.63) is 28.2 Å². The van der Waals surface area contributed by atoms with Crippen LogP contribution in [0.15, 0.2) is 22.7 Å². The molecule has 0 heterocycles. The number of hydrogen-bond acceptors (Lipinski definition) is 3. The number of nitrogens with one attached hydrogen (secondary N) is 1. The van der Waals surface area contributed by atoms with Gasteiger partial charge in [-0.25, -0.2) is 0 Å². The van der Waals surface area contributed by atoms with Gasteiger partial charge in [0.2, 0.25) is 0 Å². The highest BCUT2D eigenvalue weighted by atomic mass is 79.9. The van der Waals surface area contributed by atoms with Crippen LogP contribution in [-0.2, 0) is 0 Å². The number of carbonyl (C=O) groups is 1. The number of benzene rings is 1. The van der Waals surface area contributed by atoms with Gasteiger partial charge < -0.3 is 15.0 Å². The molecule has 1 atom stereocenters. The topological polar surface area (TPSA) is 41.6 Å². The summed E-state index contributed by atoms with van der Waals surface area (Å²) < 4.78 is 5.92. The fraction of sp³-hybridized carbons (Fsp3) is 0.533. The highest BCUT2D eigenvalue weighted by Crippen LogP contribution is 2.22. The number of carbonyl (C=O) groups excluding carboxylic acids is 1. The summed E-state index contributed by atoms with van der Waals surface area (Å²) in [5, 5.41) is 2.99. The monoisotopic (exact) mass is 342 g/mol. The summed E-state index contributed by atoms with van der Waals surface area (Å²) in [4.78, 5) is 14.4. The van der Waals surface area contributed by atoms with Crippen molar-refractivity contribution in [2.24, 2.45) is 5.92 Å². The van der Waals surface area contributed by atoms with Crippen LogP contribution < -0.4 is 10.1 Å². The molecule has 5 heteroatoms. The number of rotatable bonds is 6. The normalized spacial score (nSPS) is 12.6. The van der Waals surface area contributed by atoms with Crippen LogP contribution in [0.5, 0.6) is 5.75 Å². The van der Waals surface area contributed by atoms with Gasteiger partial charge in [-0.3, -0.25) is 4.79 Å². The van der Waals surface area contributed by atoms with Gasteiger partial charge in [0, 0.05) is 17.1 Å². The Morgan fingerprint density at radius 1 is 1.40 bits per heavy atom. The molecule has 0 aliphatic carbocycles. The fourth-order valence-corrected chi connectivity index (χ4v) is 2.54. The van der Waals surface area contributed by atoms with Gasteiger partial charge in [0.15, 0.2) is 0 Å². The lowest BCUT2D eigenvalue weighted by atomic mass is 10.0. The largest absolute Gasteiger partial charge is 0.497 e. The average molecular weight is 343 g/mol. The van der Waals surface area contributed by atoms with Gasteiger partial charge in [0.1, 0.15) is 5.75 Å². The summed E-state index contributed by atoms with van der Waals surface area (Å²) in [5.74, 6) is 1.05. The molecule has 0 spiro atoms. The molecule has 0 fully saturated rings. The van der Waals surface area contributed by atoms with Crippen LogP contribution in [0.3, 0.4) is 0 Å². The lowest BCUT2D eigenvalue weighted by Crippen LogP contribution is -2.43. The highest BCUT2D eigenvalue weighted by molar-refractivity contribution is 9.10. The molecule has 112 valence electrons. The molecule has 1 N–H and O–H groups in total. The van der Waals surface area contributed by atoms with Crippen molar-refractivity contribution in [2.45, 2.75) is 19.9 Å². The van der Waals surface area contributed by atoms with Crippen molar-refractivity contribution in [1.29, 1.82) is 0 Å². The second-order valence-corrected chi connectivity index (χ2v) is 6.19. The van der Waals surface area contributed by atoms with Crippen LogP contribution in [0.1, 0.15) is 24.2 Å². The minimum absolute atomic E-state index is 0.0942. The predicted octanol–water partition coefficient (Wildman–Crippen LogP) is 2.77. The Morgan fingerprint density at radius 2 is 2.05 bits per heavy atom. The van der Waals surface area contributed by atoms with E-state index < -0.39 is 0 Å². The zero-order valence-electron chi connectivity index (χ0n) is 12.7. The molecule has 1 aromatic carbocycles. The van der Waals surface area contributed by atoms with Gasteiger partial charge in [0.25, 0.3) is 5.91 Å². The molecule has 1 aromatic rings. The van der Waals surface area contributed by atoms with Gasteiger partial charge in [-0.2, -0.15) is 0 Å². The van der Waals surface area contributed by atoms with Crippen LogP contribution in [0.25, 0.3) is 0 Å². The van der Waals surface area contributed by atoms with E-state index in [-0.39, 0.29) is 5.91 Å². The standard InChI is InChI=1S/C15H23BrN2O2/c1-10(2)14(18(3)4)9-17-15(19)12-8-11(20-5)6-7-13(12)16/h6-8,10,14H,9H2,1-5H3,(H,17,19). The maximum absolute atomic E-state index is 12.3. The third-order valence-electron chi connectivity index (χ3n) is 3.32. The van der Waals surface area contributed by atoms with Crippen molar-refractivity contribution >= 4 is 21.8 Å².